The van der Waals surface area contributed by atoms with E-state index in [1.165, 1.54) is 11.3 Å². The number of amides is 3. The number of urea groups is 1. The molecule has 0 bridgehead atoms. The van der Waals surface area contributed by atoms with Crippen LogP contribution in [0.3, 0.4) is 0 Å². The molecule has 5 rings (SSSR count). The number of hydrogen-bond acceptors (Lipinski definition) is 5. The third kappa shape index (κ3) is 4.13. The lowest BCUT2D eigenvalue weighted by Gasteiger charge is -2.29. The zero-order chi connectivity index (χ0) is 21.9. The lowest BCUT2D eigenvalue weighted by atomic mass is 9.97. The normalized spacial score (nSPS) is 12.8. The Morgan fingerprint density at radius 1 is 1.00 bits per heavy atom. The number of fused-ring (bicyclic) bond motifs is 1. The molecule has 32 heavy (non-hydrogen) atoms. The van der Waals surface area contributed by atoms with Crippen LogP contribution in [-0.4, -0.2) is 28.4 Å². The second-order valence-corrected chi connectivity index (χ2v) is 8.40. The molecule has 7 nitrogen and oxygen atoms in total. The highest BCUT2D eigenvalue weighted by molar-refractivity contribution is 7.16. The van der Waals surface area contributed by atoms with Gasteiger partial charge in [0.1, 0.15) is 4.88 Å². The van der Waals surface area contributed by atoms with Crippen molar-refractivity contribution in [2.45, 2.75) is 13.0 Å². The molecule has 3 amide bonds. The minimum atomic E-state index is -0.293. The van der Waals surface area contributed by atoms with Crippen LogP contribution in [0.2, 0.25) is 0 Å². The molecule has 1 aliphatic rings. The second kappa shape index (κ2) is 8.68. The number of anilines is 2. The number of nitrogens with one attached hydrogen (secondary N) is 2. The van der Waals surface area contributed by atoms with Crippen molar-refractivity contribution in [1.82, 2.24) is 9.88 Å². The molecule has 3 heterocycles. The molecular weight excluding hydrogens is 424 g/mol. The van der Waals surface area contributed by atoms with Crippen LogP contribution < -0.4 is 10.6 Å². The Balaban J connectivity index is 1.28. The third-order valence-corrected chi connectivity index (χ3v) is 6.28. The quantitative estimate of drug-likeness (QED) is 0.450. The van der Waals surface area contributed by atoms with Crippen LogP contribution in [0.1, 0.15) is 20.8 Å². The van der Waals surface area contributed by atoms with E-state index in [1.807, 2.05) is 59.5 Å². The van der Waals surface area contributed by atoms with Gasteiger partial charge in [0.05, 0.1) is 12.5 Å². The van der Waals surface area contributed by atoms with Gasteiger partial charge in [0.15, 0.2) is 10.8 Å². The number of furan rings is 1. The van der Waals surface area contributed by atoms with Crippen molar-refractivity contribution < 1.29 is 14.0 Å². The molecule has 0 radical (unpaired) electrons. The van der Waals surface area contributed by atoms with Crippen LogP contribution in [0, 0.1) is 0 Å². The van der Waals surface area contributed by atoms with Gasteiger partial charge in [0.25, 0.3) is 5.91 Å². The van der Waals surface area contributed by atoms with Crippen LogP contribution >= 0.6 is 11.3 Å². The molecule has 0 spiro atoms. The summed E-state index contributed by atoms with van der Waals surface area (Å²) in [6.45, 7) is 1.05. The largest absolute Gasteiger partial charge is 0.462 e. The molecule has 0 aliphatic carbocycles. The van der Waals surface area contributed by atoms with Crippen molar-refractivity contribution in [1.29, 1.82) is 0 Å². The number of carbonyl (C=O) groups excluding carboxylic acids is 2. The Morgan fingerprint density at radius 3 is 2.69 bits per heavy atom. The van der Waals surface area contributed by atoms with E-state index in [9.17, 15) is 9.59 Å². The highest BCUT2D eigenvalue weighted by Gasteiger charge is 2.25. The van der Waals surface area contributed by atoms with Crippen molar-refractivity contribution in [3.8, 4) is 10.8 Å². The summed E-state index contributed by atoms with van der Waals surface area (Å²) in [5, 5.41) is 6.46. The summed E-state index contributed by atoms with van der Waals surface area (Å²) in [7, 11) is 0. The number of nitrogens with zero attached hydrogens (tertiary/aromatic N) is 2. The zero-order valence-electron chi connectivity index (χ0n) is 17.1. The van der Waals surface area contributed by atoms with Gasteiger partial charge in [-0.15, -0.1) is 11.3 Å². The maximum absolute atomic E-state index is 13.0. The first kappa shape index (κ1) is 20.0. The fourth-order valence-corrected chi connectivity index (χ4v) is 4.60. The summed E-state index contributed by atoms with van der Waals surface area (Å²) in [4.78, 5) is 32.2. The average molecular weight is 445 g/mol. The van der Waals surface area contributed by atoms with Gasteiger partial charge in [-0.2, -0.15) is 0 Å². The predicted octanol–water partition coefficient (Wildman–Crippen LogP) is 5.25. The van der Waals surface area contributed by atoms with Gasteiger partial charge in [0.2, 0.25) is 0 Å². The Kier molecular flexibility index (Phi) is 5.43. The smallest absolute Gasteiger partial charge is 0.323 e. The molecule has 0 saturated heterocycles. The lowest BCUT2D eigenvalue weighted by molar-refractivity contribution is 0.0739. The Morgan fingerprint density at radius 2 is 1.88 bits per heavy atom. The Labute approximate surface area is 188 Å². The molecule has 160 valence electrons. The second-order valence-electron chi connectivity index (χ2n) is 7.37. The summed E-state index contributed by atoms with van der Waals surface area (Å²) in [5.41, 5.74) is 3.57. The summed E-state index contributed by atoms with van der Waals surface area (Å²) in [5.74, 6) is 0.605. The first-order valence-corrected chi connectivity index (χ1v) is 11.0. The van der Waals surface area contributed by atoms with E-state index in [1.54, 1.807) is 18.5 Å². The van der Waals surface area contributed by atoms with E-state index in [0.717, 1.165) is 22.5 Å². The topological polar surface area (TPSA) is 87.5 Å². The van der Waals surface area contributed by atoms with E-state index >= 15 is 0 Å². The lowest BCUT2D eigenvalue weighted by Crippen LogP contribution is -2.36. The van der Waals surface area contributed by atoms with E-state index in [2.05, 4.69) is 15.6 Å². The molecular formula is C24H20N4O3S. The van der Waals surface area contributed by atoms with Gasteiger partial charge >= 0.3 is 6.03 Å². The van der Waals surface area contributed by atoms with Crippen molar-refractivity contribution >= 4 is 34.6 Å². The highest BCUT2D eigenvalue weighted by atomic mass is 32.1. The van der Waals surface area contributed by atoms with Gasteiger partial charge in [-0.25, -0.2) is 9.78 Å². The van der Waals surface area contributed by atoms with Crippen molar-refractivity contribution in [2.24, 2.45) is 0 Å². The molecule has 0 fully saturated rings. The fraction of sp³-hybridized carbons (Fsp3) is 0.125. The molecule has 8 heteroatoms. The number of carbonyl (C=O) groups is 2. The molecule has 0 saturated carbocycles. The van der Waals surface area contributed by atoms with Gasteiger partial charge in [0, 0.05) is 24.5 Å². The summed E-state index contributed by atoms with van der Waals surface area (Å²) < 4.78 is 5.37. The molecule has 0 atom stereocenters. The van der Waals surface area contributed by atoms with Gasteiger partial charge in [-0.3, -0.25) is 4.79 Å². The Bertz CT molecular complexity index is 1250. The van der Waals surface area contributed by atoms with Gasteiger partial charge in [-0.1, -0.05) is 30.3 Å². The first-order valence-electron chi connectivity index (χ1n) is 10.2. The van der Waals surface area contributed by atoms with Crippen LogP contribution in [0.5, 0.6) is 0 Å². The summed E-state index contributed by atoms with van der Waals surface area (Å²) in [6, 6.07) is 18.4. The zero-order valence-corrected chi connectivity index (χ0v) is 17.9. The van der Waals surface area contributed by atoms with E-state index in [4.69, 9.17) is 4.42 Å². The van der Waals surface area contributed by atoms with Crippen LogP contribution in [0.4, 0.5) is 16.2 Å². The van der Waals surface area contributed by atoms with Gasteiger partial charge in [-0.05, 0) is 47.9 Å². The molecule has 2 aromatic heterocycles. The third-order valence-electron chi connectivity index (χ3n) is 5.28. The van der Waals surface area contributed by atoms with E-state index in [-0.39, 0.29) is 11.9 Å². The molecule has 1 aliphatic heterocycles. The van der Waals surface area contributed by atoms with Gasteiger partial charge < -0.3 is 20.0 Å². The number of benzene rings is 2. The average Bonchev–Trinajstić information content (AvgIpc) is 3.51. The maximum atomic E-state index is 13.0. The number of para-hydroxylation sites is 1. The maximum Gasteiger partial charge on any atom is 0.323 e. The standard InChI is InChI=1S/C24H20N4O3S/c29-23(21-14-25-22(32-21)20-10-5-13-31-20)28-12-11-18-16(15-28)6-4-9-19(18)27-24(30)26-17-7-2-1-3-8-17/h1-10,13-14H,11-12,15H2,(H2,26,27,30). The van der Waals surface area contributed by atoms with Crippen LogP contribution in [0.25, 0.3) is 10.8 Å². The van der Waals surface area contributed by atoms with Crippen molar-refractivity contribution in [3.05, 3.63) is 89.1 Å². The minimum absolute atomic E-state index is 0.0499. The summed E-state index contributed by atoms with van der Waals surface area (Å²) in [6.07, 6.45) is 3.85. The SMILES string of the molecule is O=C(Nc1ccccc1)Nc1cccc2c1CCN(C(=O)c1cnc(-c3ccco3)s1)C2. The molecule has 0 unspecified atom stereocenters. The molecule has 4 aromatic rings. The molecule has 2 aromatic carbocycles. The molecule has 2 N–H and O–H groups in total. The van der Waals surface area contributed by atoms with E-state index in [0.29, 0.717) is 35.2 Å². The number of rotatable bonds is 4. The minimum Gasteiger partial charge on any atom is -0.462 e. The number of hydrogen-bond donors (Lipinski definition) is 2. The van der Waals surface area contributed by atoms with Crippen LogP contribution in [0.15, 0.2) is 77.5 Å². The Hall–Kier alpha value is -3.91. The number of thiazole rings is 1. The van der Waals surface area contributed by atoms with Crippen LogP contribution in [-0.2, 0) is 13.0 Å². The number of aromatic nitrogens is 1. The predicted molar refractivity (Wildman–Crippen MR) is 124 cm³/mol. The van der Waals surface area contributed by atoms with Crippen molar-refractivity contribution in [3.63, 3.8) is 0 Å². The monoisotopic (exact) mass is 444 g/mol. The van der Waals surface area contributed by atoms with Crippen molar-refractivity contribution in [2.75, 3.05) is 17.2 Å². The van der Waals surface area contributed by atoms with E-state index < -0.39 is 0 Å². The first-order chi connectivity index (χ1) is 15.7. The fourth-order valence-electron chi connectivity index (χ4n) is 3.75. The summed E-state index contributed by atoms with van der Waals surface area (Å²) >= 11 is 1.32. The highest BCUT2D eigenvalue weighted by Crippen LogP contribution is 2.30.